The number of hydrogen-bond acceptors (Lipinski definition) is 4. The van der Waals surface area contributed by atoms with E-state index in [4.69, 9.17) is 0 Å². The monoisotopic (exact) mass is 198 g/mol. The van der Waals surface area contributed by atoms with Crippen LogP contribution in [-0.2, 0) is 12.1 Å². The maximum Gasteiger partial charge on any atom is 0.102 e. The minimum absolute atomic E-state index is 0.742. The van der Waals surface area contributed by atoms with Gasteiger partial charge in [0.15, 0.2) is 0 Å². The summed E-state index contributed by atoms with van der Waals surface area (Å²) in [6.07, 6.45) is 1.61. The Morgan fingerprint density at radius 2 is 2.14 bits per heavy atom. The molecule has 0 aliphatic rings. The van der Waals surface area contributed by atoms with Crippen molar-refractivity contribution in [2.75, 3.05) is 20.6 Å². The third kappa shape index (κ3) is 2.78. The highest BCUT2D eigenvalue weighted by Gasteiger charge is 2.21. The lowest BCUT2D eigenvalue weighted by atomic mass is 10.1. The fourth-order valence-electron chi connectivity index (χ4n) is 1.19. The summed E-state index contributed by atoms with van der Waals surface area (Å²) in [5.41, 5.74) is -0.130. The molecular weight excluding hydrogens is 180 g/mol. The summed E-state index contributed by atoms with van der Waals surface area (Å²) in [6.45, 7) is 5.09. The van der Waals surface area contributed by atoms with Gasteiger partial charge in [0, 0.05) is 6.54 Å². The van der Waals surface area contributed by atoms with Crippen LogP contribution in [0.4, 0.5) is 0 Å². The first-order valence-corrected chi connectivity index (χ1v) is 4.67. The molecule has 0 bridgehead atoms. The highest BCUT2D eigenvalue weighted by molar-refractivity contribution is 5.04. The van der Waals surface area contributed by atoms with E-state index < -0.39 is 5.60 Å². The van der Waals surface area contributed by atoms with Crippen LogP contribution in [0.25, 0.3) is 0 Å². The molecule has 1 rings (SSSR count). The second-order valence-electron chi connectivity index (χ2n) is 4.20. The van der Waals surface area contributed by atoms with E-state index in [0.29, 0.717) is 0 Å². The largest absolute Gasteiger partial charge is 0.384 e. The summed E-state index contributed by atoms with van der Waals surface area (Å²) in [7, 11) is 4.00. The molecule has 1 N–H and O–H groups in total. The van der Waals surface area contributed by atoms with E-state index in [1.165, 1.54) is 0 Å². The predicted octanol–water partition coefficient (Wildman–Crippen LogP) is 0.0671. The normalized spacial score (nSPS) is 12.4. The molecule has 0 aliphatic heterocycles. The quantitative estimate of drug-likeness (QED) is 0.743. The SMILES string of the molecule is CN(C)CCn1nncc1C(C)(C)O. The molecule has 0 amide bonds. The molecular formula is C9H18N4O. The Labute approximate surface area is 84.3 Å². The zero-order chi connectivity index (χ0) is 10.8. The van der Waals surface area contributed by atoms with Crippen LogP contribution in [0.5, 0.6) is 0 Å². The molecule has 1 heterocycles. The Morgan fingerprint density at radius 1 is 1.50 bits per heavy atom. The van der Waals surface area contributed by atoms with Crippen molar-refractivity contribution in [2.45, 2.75) is 26.0 Å². The summed E-state index contributed by atoms with van der Waals surface area (Å²) in [5, 5.41) is 17.5. The fraction of sp³-hybridized carbons (Fsp3) is 0.778. The molecule has 5 nitrogen and oxygen atoms in total. The van der Waals surface area contributed by atoms with Gasteiger partial charge in [0.05, 0.1) is 18.4 Å². The molecule has 0 atom stereocenters. The Kier molecular flexibility index (Phi) is 3.23. The van der Waals surface area contributed by atoms with Crippen LogP contribution in [0, 0.1) is 0 Å². The molecule has 0 spiro atoms. The maximum absolute atomic E-state index is 9.81. The Balaban J connectivity index is 2.73. The second kappa shape index (κ2) is 4.06. The number of nitrogens with zero attached hydrogens (tertiary/aromatic N) is 4. The van der Waals surface area contributed by atoms with E-state index in [9.17, 15) is 5.11 Å². The molecule has 1 aromatic heterocycles. The molecule has 0 saturated carbocycles. The highest BCUT2D eigenvalue weighted by atomic mass is 16.3. The fourth-order valence-corrected chi connectivity index (χ4v) is 1.19. The maximum atomic E-state index is 9.81. The number of hydrogen-bond donors (Lipinski definition) is 1. The van der Waals surface area contributed by atoms with Crippen LogP contribution in [-0.4, -0.2) is 45.6 Å². The van der Waals surface area contributed by atoms with Gasteiger partial charge in [-0.25, -0.2) is 4.68 Å². The molecule has 0 fully saturated rings. The Bertz CT molecular complexity index is 287. The summed E-state index contributed by atoms with van der Waals surface area (Å²) in [6, 6.07) is 0. The lowest BCUT2D eigenvalue weighted by Gasteiger charge is -2.18. The van der Waals surface area contributed by atoms with Crippen molar-refractivity contribution in [3.8, 4) is 0 Å². The molecule has 5 heteroatoms. The van der Waals surface area contributed by atoms with Gasteiger partial charge in [-0.1, -0.05) is 5.21 Å². The summed E-state index contributed by atoms with van der Waals surface area (Å²) in [4.78, 5) is 2.07. The first-order valence-electron chi connectivity index (χ1n) is 4.67. The average Bonchev–Trinajstić information content (AvgIpc) is 2.46. The molecule has 1 aromatic rings. The lowest BCUT2D eigenvalue weighted by molar-refractivity contribution is 0.0678. The molecule has 80 valence electrons. The second-order valence-corrected chi connectivity index (χ2v) is 4.20. The summed E-state index contributed by atoms with van der Waals surface area (Å²) in [5.74, 6) is 0. The number of aromatic nitrogens is 3. The molecule has 0 aliphatic carbocycles. The van der Waals surface area contributed by atoms with E-state index in [2.05, 4.69) is 15.2 Å². The van der Waals surface area contributed by atoms with Crippen LogP contribution in [0.1, 0.15) is 19.5 Å². The zero-order valence-corrected chi connectivity index (χ0v) is 9.23. The van der Waals surface area contributed by atoms with Crippen molar-refractivity contribution < 1.29 is 5.11 Å². The smallest absolute Gasteiger partial charge is 0.102 e. The van der Waals surface area contributed by atoms with Crippen LogP contribution in [0.2, 0.25) is 0 Å². The lowest BCUT2D eigenvalue weighted by Crippen LogP contribution is -2.25. The van der Waals surface area contributed by atoms with E-state index in [1.54, 1.807) is 24.7 Å². The van der Waals surface area contributed by atoms with Crippen LogP contribution in [0.15, 0.2) is 6.20 Å². The summed E-state index contributed by atoms with van der Waals surface area (Å²) >= 11 is 0. The van der Waals surface area contributed by atoms with Gasteiger partial charge in [0.25, 0.3) is 0 Å². The first kappa shape index (κ1) is 11.1. The Hall–Kier alpha value is -0.940. The predicted molar refractivity (Wildman–Crippen MR) is 53.8 cm³/mol. The molecule has 0 saturated heterocycles. The summed E-state index contributed by atoms with van der Waals surface area (Å²) < 4.78 is 1.74. The zero-order valence-electron chi connectivity index (χ0n) is 9.23. The van der Waals surface area contributed by atoms with Gasteiger partial charge in [0.1, 0.15) is 5.60 Å². The van der Waals surface area contributed by atoms with Gasteiger partial charge in [0.2, 0.25) is 0 Å². The van der Waals surface area contributed by atoms with Crippen molar-refractivity contribution in [2.24, 2.45) is 0 Å². The van der Waals surface area contributed by atoms with Crippen molar-refractivity contribution in [3.63, 3.8) is 0 Å². The molecule has 14 heavy (non-hydrogen) atoms. The number of aliphatic hydroxyl groups is 1. The van der Waals surface area contributed by atoms with E-state index in [1.807, 2.05) is 14.1 Å². The highest BCUT2D eigenvalue weighted by Crippen LogP contribution is 2.17. The van der Waals surface area contributed by atoms with Gasteiger partial charge in [-0.15, -0.1) is 5.10 Å². The molecule has 0 radical (unpaired) electrons. The van der Waals surface area contributed by atoms with Gasteiger partial charge in [-0.2, -0.15) is 0 Å². The average molecular weight is 198 g/mol. The van der Waals surface area contributed by atoms with Gasteiger partial charge < -0.3 is 10.0 Å². The van der Waals surface area contributed by atoms with Gasteiger partial charge in [-0.05, 0) is 27.9 Å². The molecule has 0 aromatic carbocycles. The van der Waals surface area contributed by atoms with Crippen LogP contribution < -0.4 is 0 Å². The Morgan fingerprint density at radius 3 is 2.64 bits per heavy atom. The number of rotatable bonds is 4. The van der Waals surface area contributed by atoms with Crippen molar-refractivity contribution in [1.29, 1.82) is 0 Å². The third-order valence-electron chi connectivity index (χ3n) is 2.00. The minimum atomic E-state index is -0.879. The van der Waals surface area contributed by atoms with Crippen molar-refractivity contribution in [1.82, 2.24) is 19.9 Å². The third-order valence-corrected chi connectivity index (χ3v) is 2.00. The van der Waals surface area contributed by atoms with Crippen LogP contribution in [0.3, 0.4) is 0 Å². The van der Waals surface area contributed by atoms with Gasteiger partial charge >= 0.3 is 0 Å². The standard InChI is InChI=1S/C9H18N4O/c1-9(2,14)8-7-10-11-13(8)6-5-12(3)4/h7,14H,5-6H2,1-4H3. The van der Waals surface area contributed by atoms with Crippen molar-refractivity contribution in [3.05, 3.63) is 11.9 Å². The minimum Gasteiger partial charge on any atom is -0.384 e. The first-order chi connectivity index (χ1) is 6.41. The topological polar surface area (TPSA) is 54.2 Å². The van der Waals surface area contributed by atoms with Gasteiger partial charge in [-0.3, -0.25) is 0 Å². The van der Waals surface area contributed by atoms with E-state index >= 15 is 0 Å². The number of likely N-dealkylation sites (N-methyl/N-ethyl adjacent to an activating group) is 1. The van der Waals surface area contributed by atoms with E-state index in [-0.39, 0.29) is 0 Å². The van der Waals surface area contributed by atoms with E-state index in [0.717, 1.165) is 18.8 Å². The van der Waals surface area contributed by atoms with Crippen LogP contribution >= 0.6 is 0 Å². The van der Waals surface area contributed by atoms with Crippen molar-refractivity contribution >= 4 is 0 Å². The molecule has 0 unspecified atom stereocenters.